The Labute approximate surface area is 140 Å². The van der Waals surface area contributed by atoms with E-state index in [1.54, 1.807) is 12.1 Å². The van der Waals surface area contributed by atoms with Crippen molar-refractivity contribution in [2.75, 3.05) is 26.4 Å². The van der Waals surface area contributed by atoms with Gasteiger partial charge in [-0.25, -0.2) is 0 Å². The Morgan fingerprint density at radius 3 is 2.65 bits per heavy atom. The zero-order valence-corrected chi connectivity index (χ0v) is 13.7. The molecule has 2 N–H and O–H groups in total. The highest BCUT2D eigenvalue weighted by Gasteiger charge is 2.34. The average Bonchev–Trinajstić information content (AvgIpc) is 2.56. The molecule has 6 heteroatoms. The second-order valence-corrected chi connectivity index (χ2v) is 6.66. The molecule has 1 aromatic rings. The minimum atomic E-state index is -0.261. The molecule has 2 aliphatic heterocycles. The number of rotatable bonds is 3. The van der Waals surface area contributed by atoms with Gasteiger partial charge in [0, 0.05) is 36.8 Å². The normalized spacial score (nSPS) is 26.0. The van der Waals surface area contributed by atoms with Crippen LogP contribution in [0.5, 0.6) is 5.75 Å². The van der Waals surface area contributed by atoms with Crippen molar-refractivity contribution >= 4 is 17.5 Å². The van der Waals surface area contributed by atoms with Crippen LogP contribution < -0.4 is 5.32 Å². The molecule has 0 unspecified atom stereocenters. The Hall–Kier alpha value is -1.30. The van der Waals surface area contributed by atoms with Crippen molar-refractivity contribution in [2.45, 2.75) is 25.3 Å². The number of carbonyl (C=O) groups excluding carboxylic acids is 1. The van der Waals surface area contributed by atoms with E-state index in [1.165, 1.54) is 6.07 Å². The van der Waals surface area contributed by atoms with Crippen LogP contribution in [0.25, 0.3) is 0 Å². The number of nitrogens with one attached hydrogen (secondary N) is 1. The molecule has 2 saturated heterocycles. The van der Waals surface area contributed by atoms with Gasteiger partial charge in [-0.3, -0.25) is 4.79 Å². The molecule has 2 atom stereocenters. The highest BCUT2D eigenvalue weighted by Crippen LogP contribution is 2.31. The summed E-state index contributed by atoms with van der Waals surface area (Å²) in [6.45, 7) is 2.87. The predicted octanol–water partition coefficient (Wildman–Crippen LogP) is 2.61. The topological polar surface area (TPSA) is 67.8 Å². The highest BCUT2D eigenvalue weighted by atomic mass is 35.5. The lowest BCUT2D eigenvalue weighted by Crippen LogP contribution is -2.49. The predicted molar refractivity (Wildman–Crippen MR) is 86.8 cm³/mol. The Morgan fingerprint density at radius 2 is 1.91 bits per heavy atom. The summed E-state index contributed by atoms with van der Waals surface area (Å²) in [7, 11) is 0. The van der Waals surface area contributed by atoms with Gasteiger partial charge in [-0.2, -0.15) is 0 Å². The second kappa shape index (κ2) is 7.51. The third-order valence-corrected chi connectivity index (χ3v) is 5.03. The van der Waals surface area contributed by atoms with Crippen molar-refractivity contribution < 1.29 is 19.4 Å². The van der Waals surface area contributed by atoms with Gasteiger partial charge in [0.05, 0.1) is 12.2 Å². The molecule has 0 radical (unpaired) electrons. The molecule has 0 saturated carbocycles. The first-order valence-corrected chi connectivity index (χ1v) is 8.48. The van der Waals surface area contributed by atoms with Gasteiger partial charge < -0.3 is 19.9 Å². The van der Waals surface area contributed by atoms with E-state index in [0.717, 1.165) is 32.5 Å². The summed E-state index contributed by atoms with van der Waals surface area (Å²) in [5, 5.41) is 13.4. The average molecular weight is 340 g/mol. The number of hydrogen-bond donors (Lipinski definition) is 2. The van der Waals surface area contributed by atoms with Gasteiger partial charge in [0.2, 0.25) is 0 Å². The summed E-state index contributed by atoms with van der Waals surface area (Å²) < 4.78 is 11.1. The molecule has 1 aromatic carbocycles. The maximum atomic E-state index is 12.5. The number of phenolic OH excluding ortho intramolecular Hbond substituents is 1. The molecular formula is C17H22ClNO4. The molecule has 2 heterocycles. The van der Waals surface area contributed by atoms with Crippen LogP contribution in [0.1, 0.15) is 29.6 Å². The summed E-state index contributed by atoms with van der Waals surface area (Å²) in [6.07, 6.45) is 2.81. The maximum Gasteiger partial charge on any atom is 0.255 e. The first-order chi connectivity index (χ1) is 11.1. The van der Waals surface area contributed by atoms with Crippen molar-refractivity contribution in [3.8, 4) is 5.75 Å². The van der Waals surface area contributed by atoms with E-state index in [-0.39, 0.29) is 23.3 Å². The second-order valence-electron chi connectivity index (χ2n) is 6.22. The fourth-order valence-corrected chi connectivity index (χ4v) is 3.66. The van der Waals surface area contributed by atoms with E-state index in [0.29, 0.717) is 30.1 Å². The quantitative estimate of drug-likeness (QED) is 0.888. The lowest BCUT2D eigenvalue weighted by atomic mass is 9.79. The van der Waals surface area contributed by atoms with Crippen LogP contribution in [0.15, 0.2) is 18.2 Å². The van der Waals surface area contributed by atoms with E-state index < -0.39 is 0 Å². The molecule has 1 amide bonds. The van der Waals surface area contributed by atoms with Gasteiger partial charge in [-0.05, 0) is 43.4 Å². The summed E-state index contributed by atoms with van der Waals surface area (Å²) in [6, 6.07) is 4.61. The van der Waals surface area contributed by atoms with E-state index in [4.69, 9.17) is 21.1 Å². The van der Waals surface area contributed by atoms with Crippen molar-refractivity contribution in [3.63, 3.8) is 0 Å². The summed E-state index contributed by atoms with van der Waals surface area (Å²) in [5.41, 5.74) is 0.256. The molecule has 23 heavy (non-hydrogen) atoms. The van der Waals surface area contributed by atoms with Gasteiger partial charge in [0.15, 0.2) is 0 Å². The molecule has 2 aliphatic rings. The first-order valence-electron chi connectivity index (χ1n) is 8.10. The third-order valence-electron chi connectivity index (χ3n) is 4.79. The number of carbonyl (C=O) groups is 1. The number of phenols is 1. The van der Waals surface area contributed by atoms with Crippen LogP contribution in [0.3, 0.4) is 0 Å². The first kappa shape index (κ1) is 16.6. The van der Waals surface area contributed by atoms with Gasteiger partial charge in [0.25, 0.3) is 5.91 Å². The zero-order valence-electron chi connectivity index (χ0n) is 13.0. The fraction of sp³-hybridized carbons (Fsp3) is 0.588. The van der Waals surface area contributed by atoms with Crippen LogP contribution in [-0.4, -0.2) is 43.5 Å². The lowest BCUT2D eigenvalue weighted by Gasteiger charge is -2.39. The summed E-state index contributed by atoms with van der Waals surface area (Å²) in [4.78, 5) is 12.5. The molecule has 0 bridgehead atoms. The Morgan fingerprint density at radius 1 is 1.17 bits per heavy atom. The van der Waals surface area contributed by atoms with Crippen LogP contribution in [0, 0.1) is 11.8 Å². The van der Waals surface area contributed by atoms with Crippen LogP contribution in [-0.2, 0) is 9.47 Å². The SMILES string of the molecule is O=C(N[C@@H]1CCOC[C@@H]1C1CCOCC1)c1ccc(Cl)cc1O. The fourth-order valence-electron chi connectivity index (χ4n) is 3.49. The van der Waals surface area contributed by atoms with Gasteiger partial charge in [0.1, 0.15) is 5.75 Å². The van der Waals surface area contributed by atoms with Crippen LogP contribution in [0.4, 0.5) is 0 Å². The van der Waals surface area contributed by atoms with E-state index in [9.17, 15) is 9.90 Å². The smallest absolute Gasteiger partial charge is 0.255 e. The molecular weight excluding hydrogens is 318 g/mol. The minimum absolute atomic E-state index is 0.0643. The number of benzene rings is 1. The number of hydrogen-bond acceptors (Lipinski definition) is 4. The van der Waals surface area contributed by atoms with Crippen molar-refractivity contribution in [2.24, 2.45) is 11.8 Å². The highest BCUT2D eigenvalue weighted by molar-refractivity contribution is 6.30. The number of halogens is 1. The molecule has 5 nitrogen and oxygen atoms in total. The maximum absolute atomic E-state index is 12.5. The summed E-state index contributed by atoms with van der Waals surface area (Å²) >= 11 is 5.82. The van der Waals surface area contributed by atoms with Crippen molar-refractivity contribution in [1.82, 2.24) is 5.32 Å². The zero-order chi connectivity index (χ0) is 16.2. The summed E-state index contributed by atoms with van der Waals surface area (Å²) in [5.74, 6) is 0.451. The lowest BCUT2D eigenvalue weighted by molar-refractivity contribution is -0.0259. The monoisotopic (exact) mass is 339 g/mol. The van der Waals surface area contributed by atoms with E-state index >= 15 is 0 Å². The van der Waals surface area contributed by atoms with Crippen molar-refractivity contribution in [1.29, 1.82) is 0 Å². The third kappa shape index (κ3) is 3.97. The largest absolute Gasteiger partial charge is 0.507 e. The number of amides is 1. The van der Waals surface area contributed by atoms with Crippen LogP contribution in [0.2, 0.25) is 5.02 Å². The Bertz CT molecular complexity index is 560. The molecule has 0 spiro atoms. The standard InChI is InChI=1S/C17H22ClNO4/c18-12-1-2-13(16(20)9-12)17(21)19-15-5-8-23-10-14(15)11-3-6-22-7-4-11/h1-2,9,11,14-15,20H,3-8,10H2,(H,19,21)/t14-,15-/m1/s1. The molecule has 0 aliphatic carbocycles. The molecule has 126 valence electrons. The van der Waals surface area contributed by atoms with Gasteiger partial charge >= 0.3 is 0 Å². The minimum Gasteiger partial charge on any atom is -0.507 e. The molecule has 0 aromatic heterocycles. The Kier molecular flexibility index (Phi) is 5.41. The Balaban J connectivity index is 1.69. The number of ether oxygens (including phenoxy) is 2. The molecule has 3 rings (SSSR count). The van der Waals surface area contributed by atoms with Gasteiger partial charge in [-0.15, -0.1) is 0 Å². The number of aromatic hydroxyl groups is 1. The van der Waals surface area contributed by atoms with Gasteiger partial charge in [-0.1, -0.05) is 11.6 Å². The van der Waals surface area contributed by atoms with E-state index in [2.05, 4.69) is 5.32 Å². The molecule has 2 fully saturated rings. The van der Waals surface area contributed by atoms with E-state index in [1.807, 2.05) is 0 Å². The van der Waals surface area contributed by atoms with Crippen LogP contribution >= 0.6 is 11.6 Å². The van der Waals surface area contributed by atoms with Crippen molar-refractivity contribution in [3.05, 3.63) is 28.8 Å².